The minimum Gasteiger partial charge on any atom is -0.338 e. The Morgan fingerprint density at radius 2 is 1.78 bits per heavy atom. The summed E-state index contributed by atoms with van der Waals surface area (Å²) in [5.41, 5.74) is 1.55. The van der Waals surface area contributed by atoms with Crippen LogP contribution in [0.2, 0.25) is 5.02 Å². The SMILES string of the molecule is CC(=O)c1ccccc1NC(=O)[C@H]1CCCN(C(=O)c2ccc(Cl)cc2)C1. The van der Waals surface area contributed by atoms with Gasteiger partial charge in [-0.3, -0.25) is 14.4 Å². The summed E-state index contributed by atoms with van der Waals surface area (Å²) in [7, 11) is 0. The van der Waals surface area contributed by atoms with E-state index in [0.29, 0.717) is 41.3 Å². The third-order valence-corrected chi connectivity index (χ3v) is 4.99. The number of likely N-dealkylation sites (tertiary alicyclic amines) is 1. The fourth-order valence-electron chi connectivity index (χ4n) is 3.28. The lowest BCUT2D eigenvalue weighted by molar-refractivity contribution is -0.121. The normalized spacial score (nSPS) is 16.7. The summed E-state index contributed by atoms with van der Waals surface area (Å²) in [6, 6.07) is 13.7. The maximum absolute atomic E-state index is 12.7. The average Bonchev–Trinajstić information content (AvgIpc) is 2.68. The van der Waals surface area contributed by atoms with Crippen LogP contribution >= 0.6 is 11.6 Å². The molecule has 1 aliphatic rings. The third-order valence-electron chi connectivity index (χ3n) is 4.73. The molecule has 0 radical (unpaired) electrons. The second-order valence-corrected chi connectivity index (χ2v) is 7.12. The first-order valence-corrected chi connectivity index (χ1v) is 9.29. The van der Waals surface area contributed by atoms with Crippen LogP contribution in [0, 0.1) is 5.92 Å². The van der Waals surface area contributed by atoms with E-state index in [1.807, 2.05) is 0 Å². The van der Waals surface area contributed by atoms with Gasteiger partial charge < -0.3 is 10.2 Å². The minimum absolute atomic E-state index is 0.103. The average molecular weight is 385 g/mol. The lowest BCUT2D eigenvalue weighted by Crippen LogP contribution is -2.43. The van der Waals surface area contributed by atoms with Crippen molar-refractivity contribution >= 4 is 34.9 Å². The van der Waals surface area contributed by atoms with Crippen molar-refractivity contribution in [2.45, 2.75) is 19.8 Å². The van der Waals surface area contributed by atoms with Crippen molar-refractivity contribution in [1.29, 1.82) is 0 Å². The zero-order chi connectivity index (χ0) is 19.4. The number of Topliss-reactive ketones (excluding diaryl/α,β-unsaturated/α-hetero) is 1. The molecular formula is C21H21ClN2O3. The van der Waals surface area contributed by atoms with Crippen LogP contribution in [0.5, 0.6) is 0 Å². The van der Waals surface area contributed by atoms with E-state index in [9.17, 15) is 14.4 Å². The first-order chi connectivity index (χ1) is 13.0. The predicted molar refractivity (Wildman–Crippen MR) is 105 cm³/mol. The zero-order valence-electron chi connectivity index (χ0n) is 15.1. The van der Waals surface area contributed by atoms with Crippen LogP contribution in [-0.2, 0) is 4.79 Å². The number of piperidine rings is 1. The number of carbonyl (C=O) groups excluding carboxylic acids is 3. The lowest BCUT2D eigenvalue weighted by atomic mass is 9.96. The largest absolute Gasteiger partial charge is 0.338 e. The van der Waals surface area contributed by atoms with Gasteiger partial charge in [-0.25, -0.2) is 0 Å². The van der Waals surface area contributed by atoms with Crippen molar-refractivity contribution in [3.8, 4) is 0 Å². The Morgan fingerprint density at radius 3 is 2.48 bits per heavy atom. The van der Waals surface area contributed by atoms with E-state index in [0.717, 1.165) is 6.42 Å². The van der Waals surface area contributed by atoms with Gasteiger partial charge in [-0.15, -0.1) is 0 Å². The molecule has 1 fully saturated rings. The minimum atomic E-state index is -0.310. The molecule has 6 heteroatoms. The van der Waals surface area contributed by atoms with Crippen LogP contribution in [0.4, 0.5) is 5.69 Å². The van der Waals surface area contributed by atoms with Gasteiger partial charge in [-0.1, -0.05) is 23.7 Å². The van der Waals surface area contributed by atoms with Gasteiger partial charge in [0.2, 0.25) is 5.91 Å². The number of rotatable bonds is 4. The second kappa shape index (κ2) is 8.35. The summed E-state index contributed by atoms with van der Waals surface area (Å²) in [6.45, 7) is 2.45. The highest BCUT2D eigenvalue weighted by molar-refractivity contribution is 6.30. The molecule has 2 aromatic rings. The molecule has 1 atom stereocenters. The number of para-hydroxylation sites is 1. The molecule has 1 N–H and O–H groups in total. The highest BCUT2D eigenvalue weighted by Gasteiger charge is 2.29. The number of hydrogen-bond acceptors (Lipinski definition) is 3. The topological polar surface area (TPSA) is 66.5 Å². The molecule has 0 aromatic heterocycles. The van der Waals surface area contributed by atoms with Gasteiger partial charge in [-0.05, 0) is 56.2 Å². The van der Waals surface area contributed by atoms with Crippen LogP contribution in [0.1, 0.15) is 40.5 Å². The second-order valence-electron chi connectivity index (χ2n) is 6.69. The maximum Gasteiger partial charge on any atom is 0.253 e. The van der Waals surface area contributed by atoms with Crippen LogP contribution in [0.15, 0.2) is 48.5 Å². The highest BCUT2D eigenvalue weighted by atomic mass is 35.5. The number of carbonyl (C=O) groups is 3. The molecule has 27 heavy (non-hydrogen) atoms. The summed E-state index contributed by atoms with van der Waals surface area (Å²) in [6.07, 6.45) is 1.46. The molecule has 0 unspecified atom stereocenters. The van der Waals surface area contributed by atoms with Crippen molar-refractivity contribution < 1.29 is 14.4 Å². The van der Waals surface area contributed by atoms with Crippen molar-refractivity contribution in [2.75, 3.05) is 18.4 Å². The summed E-state index contributed by atoms with van der Waals surface area (Å²) in [5, 5.41) is 3.43. The molecule has 0 bridgehead atoms. The molecule has 140 valence electrons. The Balaban J connectivity index is 1.69. The van der Waals surface area contributed by atoms with E-state index >= 15 is 0 Å². The molecule has 1 heterocycles. The van der Waals surface area contributed by atoms with Gasteiger partial charge >= 0.3 is 0 Å². The van der Waals surface area contributed by atoms with Gasteiger partial charge in [0, 0.05) is 29.2 Å². The van der Waals surface area contributed by atoms with Gasteiger partial charge in [-0.2, -0.15) is 0 Å². The number of halogens is 1. The number of hydrogen-bond donors (Lipinski definition) is 1. The Kier molecular flexibility index (Phi) is 5.91. The fraction of sp³-hybridized carbons (Fsp3) is 0.286. The van der Waals surface area contributed by atoms with E-state index in [4.69, 9.17) is 11.6 Å². The van der Waals surface area contributed by atoms with Gasteiger partial charge in [0.05, 0.1) is 11.6 Å². The van der Waals surface area contributed by atoms with Crippen molar-refractivity contribution in [3.63, 3.8) is 0 Å². The van der Waals surface area contributed by atoms with Crippen molar-refractivity contribution in [1.82, 2.24) is 4.90 Å². The van der Waals surface area contributed by atoms with Crippen LogP contribution in [-0.4, -0.2) is 35.6 Å². The predicted octanol–water partition coefficient (Wildman–Crippen LogP) is 4.03. The number of ketones is 1. The van der Waals surface area contributed by atoms with Gasteiger partial charge in [0.15, 0.2) is 5.78 Å². The molecule has 0 aliphatic carbocycles. The quantitative estimate of drug-likeness (QED) is 0.809. The molecule has 2 aromatic carbocycles. The molecule has 1 saturated heterocycles. The van der Waals surface area contributed by atoms with E-state index in [2.05, 4.69) is 5.32 Å². The number of benzene rings is 2. The molecular weight excluding hydrogens is 364 g/mol. The smallest absolute Gasteiger partial charge is 0.253 e. The summed E-state index contributed by atoms with van der Waals surface area (Å²) < 4.78 is 0. The Labute approximate surface area is 163 Å². The Hall–Kier alpha value is -2.66. The van der Waals surface area contributed by atoms with Gasteiger partial charge in [0.25, 0.3) is 5.91 Å². The molecule has 0 spiro atoms. The van der Waals surface area contributed by atoms with Crippen molar-refractivity contribution in [2.24, 2.45) is 5.92 Å². The fourth-order valence-corrected chi connectivity index (χ4v) is 3.41. The standard InChI is InChI=1S/C21H21ClN2O3/c1-14(25)18-6-2-3-7-19(18)23-20(26)16-5-4-12-24(13-16)21(27)15-8-10-17(22)11-9-15/h2-3,6-11,16H,4-5,12-13H2,1H3,(H,23,26)/t16-/m0/s1. The van der Waals surface area contributed by atoms with Gasteiger partial charge in [0.1, 0.15) is 0 Å². The van der Waals surface area contributed by atoms with E-state index in [-0.39, 0.29) is 23.5 Å². The summed E-state index contributed by atoms with van der Waals surface area (Å²) >= 11 is 5.88. The molecule has 2 amide bonds. The first-order valence-electron chi connectivity index (χ1n) is 8.91. The monoisotopic (exact) mass is 384 g/mol. The summed E-state index contributed by atoms with van der Waals surface area (Å²) in [5.74, 6) is -0.685. The maximum atomic E-state index is 12.7. The first kappa shape index (κ1) is 19.1. The van der Waals surface area contributed by atoms with E-state index < -0.39 is 0 Å². The van der Waals surface area contributed by atoms with Crippen LogP contribution < -0.4 is 5.32 Å². The Bertz CT molecular complexity index is 864. The van der Waals surface area contributed by atoms with Crippen molar-refractivity contribution in [3.05, 3.63) is 64.7 Å². The number of amides is 2. The van der Waals surface area contributed by atoms with Crippen LogP contribution in [0.25, 0.3) is 0 Å². The van der Waals surface area contributed by atoms with E-state index in [1.54, 1.807) is 53.4 Å². The molecule has 3 rings (SSSR count). The molecule has 1 aliphatic heterocycles. The van der Waals surface area contributed by atoms with Crippen LogP contribution in [0.3, 0.4) is 0 Å². The highest BCUT2D eigenvalue weighted by Crippen LogP contribution is 2.23. The zero-order valence-corrected chi connectivity index (χ0v) is 15.8. The third kappa shape index (κ3) is 4.55. The summed E-state index contributed by atoms with van der Waals surface area (Å²) in [4.78, 5) is 38.8. The molecule has 0 saturated carbocycles. The Morgan fingerprint density at radius 1 is 1.07 bits per heavy atom. The number of anilines is 1. The number of nitrogens with zero attached hydrogens (tertiary/aromatic N) is 1. The lowest BCUT2D eigenvalue weighted by Gasteiger charge is -2.32. The van der Waals surface area contributed by atoms with E-state index in [1.165, 1.54) is 6.92 Å². The molecule has 5 nitrogen and oxygen atoms in total. The number of nitrogens with one attached hydrogen (secondary N) is 1.